The van der Waals surface area contributed by atoms with E-state index in [2.05, 4.69) is 30.5 Å². The Bertz CT molecular complexity index is 798. The van der Waals surface area contributed by atoms with Gasteiger partial charge in [-0.2, -0.15) is 5.10 Å². The van der Waals surface area contributed by atoms with Gasteiger partial charge in [0.2, 0.25) is 0 Å². The minimum atomic E-state index is 0.0550. The van der Waals surface area contributed by atoms with E-state index >= 15 is 0 Å². The Morgan fingerprint density at radius 3 is 3.05 bits per heavy atom. The first kappa shape index (κ1) is 12.9. The van der Waals surface area contributed by atoms with Crippen molar-refractivity contribution in [3.63, 3.8) is 0 Å². The zero-order valence-electron chi connectivity index (χ0n) is 11.1. The molecule has 3 N–H and O–H groups in total. The molecule has 0 saturated carbocycles. The first-order valence-corrected chi connectivity index (χ1v) is 6.08. The minimum Gasteiger partial charge on any atom is -0.504 e. The quantitative estimate of drug-likeness (QED) is 0.495. The number of hydrazone groups is 1. The van der Waals surface area contributed by atoms with Gasteiger partial charge in [0.15, 0.2) is 23.0 Å². The van der Waals surface area contributed by atoms with Crippen LogP contribution in [-0.2, 0) is 0 Å². The van der Waals surface area contributed by atoms with E-state index in [1.165, 1.54) is 19.8 Å². The van der Waals surface area contributed by atoms with E-state index in [9.17, 15) is 5.11 Å². The third-order valence-electron chi connectivity index (χ3n) is 2.81. The van der Waals surface area contributed by atoms with Crippen molar-refractivity contribution in [3.05, 3.63) is 36.4 Å². The van der Waals surface area contributed by atoms with Crippen LogP contribution in [0.1, 0.15) is 5.56 Å². The summed E-state index contributed by atoms with van der Waals surface area (Å²) in [7, 11) is 1.50. The number of nitrogens with one attached hydrogen (secondary N) is 2. The molecule has 0 amide bonds. The molecule has 8 heteroatoms. The Hall–Kier alpha value is -3.16. The third kappa shape index (κ3) is 2.59. The topological polar surface area (TPSA) is 108 Å². The standard InChI is InChI=1S/C13H12N6O2/c1-21-10-3-2-8(4-9(10)20)5-18-19-13-11-12(15-6-14-11)16-7-17-13/h2-7,20H,1H3,(H2,14,15,16,17,19)/b18-5+. The van der Waals surface area contributed by atoms with E-state index in [0.717, 1.165) is 5.56 Å². The van der Waals surface area contributed by atoms with E-state index in [-0.39, 0.29) is 5.75 Å². The monoisotopic (exact) mass is 284 g/mol. The molecule has 0 aliphatic heterocycles. The zero-order valence-corrected chi connectivity index (χ0v) is 11.1. The number of fused-ring (bicyclic) bond motifs is 1. The lowest BCUT2D eigenvalue weighted by Crippen LogP contribution is -1.96. The van der Waals surface area contributed by atoms with Crippen LogP contribution in [0.25, 0.3) is 11.2 Å². The van der Waals surface area contributed by atoms with Crippen molar-refractivity contribution in [2.75, 3.05) is 12.5 Å². The molecule has 0 aliphatic rings. The summed E-state index contributed by atoms with van der Waals surface area (Å²) in [5, 5.41) is 13.8. The van der Waals surface area contributed by atoms with Gasteiger partial charge in [-0.3, -0.25) is 5.43 Å². The van der Waals surface area contributed by atoms with E-state index in [0.29, 0.717) is 22.7 Å². The Labute approximate surface area is 119 Å². The number of phenolic OH excluding ortho intramolecular Hbond substituents is 1. The van der Waals surface area contributed by atoms with Crippen molar-refractivity contribution in [2.24, 2.45) is 5.10 Å². The number of rotatable bonds is 4. The lowest BCUT2D eigenvalue weighted by Gasteiger charge is -2.03. The second-order valence-electron chi connectivity index (χ2n) is 4.12. The predicted molar refractivity (Wildman–Crippen MR) is 77.6 cm³/mol. The van der Waals surface area contributed by atoms with E-state index < -0.39 is 0 Å². The third-order valence-corrected chi connectivity index (χ3v) is 2.81. The van der Waals surface area contributed by atoms with Crippen LogP contribution in [0, 0.1) is 0 Å². The molecule has 3 rings (SSSR count). The normalized spacial score (nSPS) is 11.1. The molecule has 3 aromatic rings. The van der Waals surface area contributed by atoms with Gasteiger partial charge < -0.3 is 14.8 Å². The highest BCUT2D eigenvalue weighted by Crippen LogP contribution is 2.25. The lowest BCUT2D eigenvalue weighted by molar-refractivity contribution is 0.373. The molecule has 0 bridgehead atoms. The second kappa shape index (κ2) is 5.45. The van der Waals surface area contributed by atoms with Crippen molar-refractivity contribution in [3.8, 4) is 11.5 Å². The van der Waals surface area contributed by atoms with Crippen molar-refractivity contribution in [1.82, 2.24) is 19.9 Å². The Morgan fingerprint density at radius 2 is 2.24 bits per heavy atom. The van der Waals surface area contributed by atoms with Gasteiger partial charge >= 0.3 is 0 Å². The summed E-state index contributed by atoms with van der Waals surface area (Å²) in [6, 6.07) is 4.99. The molecule has 8 nitrogen and oxygen atoms in total. The van der Waals surface area contributed by atoms with E-state index in [1.807, 2.05) is 0 Å². The number of nitrogens with zero attached hydrogens (tertiary/aromatic N) is 4. The molecule has 0 fully saturated rings. The van der Waals surface area contributed by atoms with Gasteiger partial charge in [0.25, 0.3) is 0 Å². The van der Waals surface area contributed by atoms with Crippen molar-refractivity contribution < 1.29 is 9.84 Å². The highest BCUT2D eigenvalue weighted by molar-refractivity contribution is 5.84. The van der Waals surface area contributed by atoms with Crippen LogP contribution in [0.15, 0.2) is 36.0 Å². The average Bonchev–Trinajstić information content (AvgIpc) is 2.97. The molecule has 0 spiro atoms. The lowest BCUT2D eigenvalue weighted by atomic mass is 10.2. The molecule has 0 radical (unpaired) electrons. The Balaban J connectivity index is 1.78. The number of aromatic hydroxyl groups is 1. The molecular formula is C13H12N6O2. The Kier molecular flexibility index (Phi) is 3.34. The number of hydrogen-bond acceptors (Lipinski definition) is 7. The molecule has 0 unspecified atom stereocenters. The molecule has 0 saturated heterocycles. The molecule has 0 atom stereocenters. The smallest absolute Gasteiger partial charge is 0.182 e. The van der Waals surface area contributed by atoms with Gasteiger partial charge in [0, 0.05) is 0 Å². The van der Waals surface area contributed by atoms with Gasteiger partial charge in [-0.1, -0.05) is 0 Å². The summed E-state index contributed by atoms with van der Waals surface area (Å²) in [4.78, 5) is 15.0. The molecule has 2 aromatic heterocycles. The SMILES string of the molecule is COc1ccc(/C=N/Nc2ncnc3nc[nH]c23)cc1O. The van der Waals surface area contributed by atoms with Crippen LogP contribution in [-0.4, -0.2) is 38.4 Å². The van der Waals surface area contributed by atoms with Crippen LogP contribution in [0.3, 0.4) is 0 Å². The summed E-state index contributed by atoms with van der Waals surface area (Å²) < 4.78 is 4.97. The van der Waals surface area contributed by atoms with Crippen LogP contribution in [0.5, 0.6) is 11.5 Å². The van der Waals surface area contributed by atoms with Gasteiger partial charge in [0.05, 0.1) is 19.7 Å². The number of hydrogen-bond donors (Lipinski definition) is 3. The van der Waals surface area contributed by atoms with Crippen molar-refractivity contribution >= 4 is 23.2 Å². The number of phenols is 1. The second-order valence-corrected chi connectivity index (χ2v) is 4.12. The fourth-order valence-corrected chi connectivity index (χ4v) is 1.81. The van der Waals surface area contributed by atoms with Gasteiger partial charge in [-0.05, 0) is 23.8 Å². The zero-order chi connectivity index (χ0) is 14.7. The van der Waals surface area contributed by atoms with E-state index in [1.54, 1.807) is 24.4 Å². The highest BCUT2D eigenvalue weighted by atomic mass is 16.5. The minimum absolute atomic E-state index is 0.0550. The fraction of sp³-hybridized carbons (Fsp3) is 0.0769. The number of methoxy groups -OCH3 is 1. The van der Waals surface area contributed by atoms with E-state index in [4.69, 9.17) is 4.74 Å². The largest absolute Gasteiger partial charge is 0.504 e. The summed E-state index contributed by atoms with van der Waals surface area (Å²) in [6.07, 6.45) is 4.50. The maximum atomic E-state index is 9.68. The number of anilines is 1. The van der Waals surface area contributed by atoms with Gasteiger partial charge in [0.1, 0.15) is 11.8 Å². The van der Waals surface area contributed by atoms with Crippen molar-refractivity contribution in [1.29, 1.82) is 0 Å². The summed E-state index contributed by atoms with van der Waals surface area (Å²) >= 11 is 0. The molecule has 106 valence electrons. The predicted octanol–water partition coefficient (Wildman–Crippen LogP) is 1.51. The van der Waals surface area contributed by atoms with Gasteiger partial charge in [-0.15, -0.1) is 0 Å². The molecule has 1 aromatic carbocycles. The average molecular weight is 284 g/mol. The first-order chi connectivity index (χ1) is 10.3. The number of ether oxygens (including phenoxy) is 1. The Morgan fingerprint density at radius 1 is 1.33 bits per heavy atom. The number of benzene rings is 1. The number of aromatic amines is 1. The number of H-pyrrole nitrogens is 1. The highest BCUT2D eigenvalue weighted by Gasteiger charge is 2.04. The summed E-state index contributed by atoms with van der Waals surface area (Å²) in [5.41, 5.74) is 4.76. The summed E-state index contributed by atoms with van der Waals surface area (Å²) in [6.45, 7) is 0. The molecule has 2 heterocycles. The summed E-state index contributed by atoms with van der Waals surface area (Å²) in [5.74, 6) is 0.987. The van der Waals surface area contributed by atoms with Crippen LogP contribution in [0.4, 0.5) is 5.82 Å². The maximum absolute atomic E-state index is 9.68. The maximum Gasteiger partial charge on any atom is 0.182 e. The van der Waals surface area contributed by atoms with Crippen LogP contribution >= 0.6 is 0 Å². The van der Waals surface area contributed by atoms with Crippen LogP contribution in [0.2, 0.25) is 0 Å². The van der Waals surface area contributed by atoms with Crippen LogP contribution < -0.4 is 10.2 Å². The molecule has 21 heavy (non-hydrogen) atoms. The van der Waals surface area contributed by atoms with Gasteiger partial charge in [-0.25, -0.2) is 15.0 Å². The molecular weight excluding hydrogens is 272 g/mol. The number of aromatic nitrogens is 4. The fourth-order valence-electron chi connectivity index (χ4n) is 1.81. The number of imidazole rings is 1. The molecule has 0 aliphatic carbocycles. The van der Waals surface area contributed by atoms with Crippen molar-refractivity contribution in [2.45, 2.75) is 0 Å². The first-order valence-electron chi connectivity index (χ1n) is 6.08.